The Morgan fingerprint density at radius 2 is 2.25 bits per heavy atom. The fourth-order valence-corrected chi connectivity index (χ4v) is 2.36. The van der Waals surface area contributed by atoms with Crippen LogP contribution in [0.2, 0.25) is 0 Å². The molecule has 1 aliphatic carbocycles. The summed E-state index contributed by atoms with van der Waals surface area (Å²) in [6.07, 6.45) is 2.19. The summed E-state index contributed by atoms with van der Waals surface area (Å²) >= 11 is 0. The Morgan fingerprint density at radius 3 is 2.85 bits per heavy atom. The highest BCUT2D eigenvalue weighted by Gasteiger charge is 2.34. The Kier molecular flexibility index (Phi) is 5.01. The summed E-state index contributed by atoms with van der Waals surface area (Å²) in [6, 6.07) is 7.55. The monoisotopic (exact) mass is 276 g/mol. The number of hydrogen-bond donors (Lipinski definition) is 2. The van der Waals surface area contributed by atoms with Crippen molar-refractivity contribution in [2.45, 2.75) is 39.3 Å². The Labute approximate surface area is 120 Å². The number of carbonyl (C=O) groups excluding carboxylic acids is 1. The Hall–Kier alpha value is -1.55. The van der Waals surface area contributed by atoms with Crippen molar-refractivity contribution < 1.29 is 9.90 Å². The Bertz CT molecular complexity index is 458. The fourth-order valence-electron chi connectivity index (χ4n) is 2.36. The molecule has 1 aromatic carbocycles. The van der Waals surface area contributed by atoms with Gasteiger partial charge in [0, 0.05) is 25.0 Å². The van der Waals surface area contributed by atoms with Gasteiger partial charge >= 0.3 is 0 Å². The summed E-state index contributed by atoms with van der Waals surface area (Å²) in [6.45, 7) is 6.21. The van der Waals surface area contributed by atoms with Gasteiger partial charge in [0.2, 0.25) is 5.91 Å². The van der Waals surface area contributed by atoms with E-state index in [4.69, 9.17) is 0 Å². The quantitative estimate of drug-likeness (QED) is 0.802. The van der Waals surface area contributed by atoms with Crippen LogP contribution in [0.25, 0.3) is 0 Å². The molecular formula is C16H24N2O2. The average Bonchev–Trinajstić information content (AvgIpc) is 3.26. The number of benzene rings is 1. The maximum Gasteiger partial charge on any atom is 0.227 e. The van der Waals surface area contributed by atoms with E-state index in [2.05, 4.69) is 5.32 Å². The van der Waals surface area contributed by atoms with E-state index in [-0.39, 0.29) is 17.6 Å². The summed E-state index contributed by atoms with van der Waals surface area (Å²) in [4.78, 5) is 14.5. The van der Waals surface area contributed by atoms with E-state index in [1.165, 1.54) is 0 Å². The third-order valence-corrected chi connectivity index (χ3v) is 3.66. The molecule has 1 aromatic rings. The highest BCUT2D eigenvalue weighted by Crippen LogP contribution is 2.30. The smallest absolute Gasteiger partial charge is 0.227 e. The van der Waals surface area contributed by atoms with Crippen LogP contribution in [0.3, 0.4) is 0 Å². The molecule has 4 nitrogen and oxygen atoms in total. The van der Waals surface area contributed by atoms with Crippen molar-refractivity contribution in [2.75, 3.05) is 13.1 Å². The van der Waals surface area contributed by atoms with Crippen LogP contribution in [0.5, 0.6) is 5.75 Å². The fraction of sp³-hybridized carbons (Fsp3) is 0.562. The van der Waals surface area contributed by atoms with E-state index < -0.39 is 0 Å². The van der Waals surface area contributed by atoms with Crippen molar-refractivity contribution >= 4 is 5.91 Å². The lowest BCUT2D eigenvalue weighted by molar-refractivity contribution is -0.136. The van der Waals surface area contributed by atoms with Crippen molar-refractivity contribution in [1.29, 1.82) is 0 Å². The predicted octanol–water partition coefficient (Wildman–Crippen LogP) is 2.13. The first-order chi connectivity index (χ1) is 9.61. The van der Waals surface area contributed by atoms with Gasteiger partial charge in [0.25, 0.3) is 0 Å². The number of phenolic OH excluding ortho intramolecular Hbond substituents is 1. The second kappa shape index (κ2) is 6.75. The molecule has 1 aliphatic rings. The number of phenols is 1. The molecule has 1 unspecified atom stereocenters. The lowest BCUT2D eigenvalue weighted by atomic mass is 10.1. The number of rotatable bonds is 7. The molecule has 0 bridgehead atoms. The van der Waals surface area contributed by atoms with Crippen molar-refractivity contribution in [3.63, 3.8) is 0 Å². The highest BCUT2D eigenvalue weighted by atomic mass is 16.3. The first-order valence-corrected chi connectivity index (χ1v) is 7.41. The van der Waals surface area contributed by atoms with Gasteiger partial charge in [-0.1, -0.05) is 26.0 Å². The molecule has 0 radical (unpaired) electrons. The molecule has 1 fully saturated rings. The van der Waals surface area contributed by atoms with E-state index in [1.807, 2.05) is 30.9 Å². The normalized spacial score (nSPS) is 15.9. The van der Waals surface area contributed by atoms with Crippen molar-refractivity contribution in [2.24, 2.45) is 5.92 Å². The number of carbonyl (C=O) groups is 1. The maximum atomic E-state index is 12.5. The van der Waals surface area contributed by atoms with Crippen LogP contribution in [-0.4, -0.2) is 35.0 Å². The average molecular weight is 276 g/mol. The molecule has 20 heavy (non-hydrogen) atoms. The minimum absolute atomic E-state index is 0.00661. The Balaban J connectivity index is 2.01. The molecule has 4 heteroatoms. The molecule has 1 amide bonds. The van der Waals surface area contributed by atoms with Gasteiger partial charge in [-0.05, 0) is 37.1 Å². The van der Waals surface area contributed by atoms with E-state index in [0.29, 0.717) is 12.6 Å². The van der Waals surface area contributed by atoms with Gasteiger partial charge in [-0.2, -0.15) is 0 Å². The molecule has 1 atom stereocenters. The van der Waals surface area contributed by atoms with Gasteiger partial charge < -0.3 is 15.3 Å². The van der Waals surface area contributed by atoms with E-state index >= 15 is 0 Å². The summed E-state index contributed by atoms with van der Waals surface area (Å²) in [5.41, 5.74) is 0.987. The zero-order chi connectivity index (χ0) is 14.5. The minimum atomic E-state index is -0.00661. The number of amides is 1. The molecule has 0 aliphatic heterocycles. The molecule has 110 valence electrons. The molecule has 2 rings (SSSR count). The molecule has 0 spiro atoms. The molecular weight excluding hydrogens is 252 g/mol. The first kappa shape index (κ1) is 14.9. The topological polar surface area (TPSA) is 52.6 Å². The first-order valence-electron chi connectivity index (χ1n) is 7.41. The zero-order valence-corrected chi connectivity index (χ0v) is 12.3. The van der Waals surface area contributed by atoms with Gasteiger partial charge in [-0.3, -0.25) is 4.79 Å². The summed E-state index contributed by atoms with van der Waals surface area (Å²) in [7, 11) is 0. The van der Waals surface area contributed by atoms with Gasteiger partial charge in [0.15, 0.2) is 0 Å². The van der Waals surface area contributed by atoms with Gasteiger partial charge in [0.05, 0.1) is 0 Å². The Morgan fingerprint density at radius 1 is 1.50 bits per heavy atom. The number of hydrogen-bond acceptors (Lipinski definition) is 3. The van der Waals surface area contributed by atoms with Crippen LogP contribution in [0.1, 0.15) is 32.3 Å². The van der Waals surface area contributed by atoms with Crippen LogP contribution >= 0.6 is 0 Å². The molecule has 1 saturated carbocycles. The van der Waals surface area contributed by atoms with Crippen LogP contribution in [0.15, 0.2) is 24.3 Å². The second-order valence-corrected chi connectivity index (χ2v) is 5.58. The number of aromatic hydroxyl groups is 1. The van der Waals surface area contributed by atoms with Gasteiger partial charge in [-0.25, -0.2) is 0 Å². The number of nitrogens with one attached hydrogen (secondary N) is 1. The predicted molar refractivity (Wildman–Crippen MR) is 79.4 cm³/mol. The van der Waals surface area contributed by atoms with Crippen LogP contribution in [-0.2, 0) is 11.3 Å². The second-order valence-electron chi connectivity index (χ2n) is 5.58. The molecule has 0 heterocycles. The standard InChI is InChI=1S/C16H24N2O2/c1-3-17-10-12(2)16(20)18(14-7-8-14)11-13-5-4-6-15(19)9-13/h4-6,9,12,14,17,19H,3,7-8,10-11H2,1-2H3. The van der Waals surface area contributed by atoms with Crippen molar-refractivity contribution in [3.8, 4) is 5.75 Å². The number of nitrogens with zero attached hydrogens (tertiary/aromatic N) is 1. The minimum Gasteiger partial charge on any atom is -0.508 e. The molecule has 0 aromatic heterocycles. The van der Waals surface area contributed by atoms with Gasteiger partial charge in [0.1, 0.15) is 5.75 Å². The van der Waals surface area contributed by atoms with Crippen LogP contribution in [0.4, 0.5) is 0 Å². The largest absolute Gasteiger partial charge is 0.508 e. The van der Waals surface area contributed by atoms with Crippen molar-refractivity contribution in [1.82, 2.24) is 10.2 Å². The van der Waals surface area contributed by atoms with E-state index in [0.717, 1.165) is 31.5 Å². The van der Waals surface area contributed by atoms with E-state index in [9.17, 15) is 9.90 Å². The molecule has 2 N–H and O–H groups in total. The summed E-state index contributed by atoms with van der Waals surface area (Å²) < 4.78 is 0. The van der Waals surface area contributed by atoms with Crippen molar-refractivity contribution in [3.05, 3.63) is 29.8 Å². The SMILES string of the molecule is CCNCC(C)C(=O)N(Cc1cccc(O)c1)C1CC1. The van der Waals surface area contributed by atoms with Crippen LogP contribution < -0.4 is 5.32 Å². The summed E-state index contributed by atoms with van der Waals surface area (Å²) in [5.74, 6) is 0.455. The summed E-state index contributed by atoms with van der Waals surface area (Å²) in [5, 5.41) is 12.8. The maximum absolute atomic E-state index is 12.5. The highest BCUT2D eigenvalue weighted by molar-refractivity contribution is 5.79. The third-order valence-electron chi connectivity index (χ3n) is 3.66. The molecule has 0 saturated heterocycles. The van der Waals surface area contributed by atoms with E-state index in [1.54, 1.807) is 12.1 Å². The lowest BCUT2D eigenvalue weighted by Crippen LogP contribution is -2.40. The van der Waals surface area contributed by atoms with Gasteiger partial charge in [-0.15, -0.1) is 0 Å². The zero-order valence-electron chi connectivity index (χ0n) is 12.3. The van der Waals surface area contributed by atoms with Crippen LogP contribution in [0, 0.1) is 5.92 Å². The third kappa shape index (κ3) is 3.97. The lowest BCUT2D eigenvalue weighted by Gasteiger charge is -2.26.